The second-order valence-corrected chi connectivity index (χ2v) is 7.87. The van der Waals surface area contributed by atoms with Crippen LogP contribution in [0.4, 0.5) is 0 Å². The molecule has 112 valence electrons. The van der Waals surface area contributed by atoms with Crippen LogP contribution in [0.15, 0.2) is 29.2 Å². The van der Waals surface area contributed by atoms with Gasteiger partial charge in [0.2, 0.25) is 0 Å². The van der Waals surface area contributed by atoms with Gasteiger partial charge < -0.3 is 0 Å². The highest BCUT2D eigenvalue weighted by Crippen LogP contribution is 2.30. The summed E-state index contributed by atoms with van der Waals surface area (Å²) in [5.74, 6) is 1.94. The van der Waals surface area contributed by atoms with E-state index in [-0.39, 0.29) is 0 Å². The summed E-state index contributed by atoms with van der Waals surface area (Å²) in [5.41, 5.74) is 1.03. The van der Waals surface area contributed by atoms with Crippen LogP contribution in [-0.2, 0) is 12.2 Å². The molecular weight excluding hydrogens is 438 g/mol. The maximum atomic E-state index is 6.22. The smallest absolute Gasteiger partial charge is 0.146 e. The fourth-order valence-corrected chi connectivity index (χ4v) is 3.56. The molecule has 1 aromatic heterocycles. The Morgan fingerprint density at radius 1 is 1.19 bits per heavy atom. The van der Waals surface area contributed by atoms with Crippen LogP contribution in [0.1, 0.15) is 25.4 Å². The van der Waals surface area contributed by atoms with Crippen molar-refractivity contribution in [2.75, 3.05) is 0 Å². The lowest BCUT2D eigenvalue weighted by molar-refractivity contribution is 0.629. The van der Waals surface area contributed by atoms with Gasteiger partial charge >= 0.3 is 0 Å². The average Bonchev–Trinajstić information content (AvgIpc) is 2.42. The van der Waals surface area contributed by atoms with Crippen LogP contribution in [0.3, 0.4) is 0 Å². The number of halogens is 3. The van der Waals surface area contributed by atoms with Gasteiger partial charge in [0.15, 0.2) is 0 Å². The van der Waals surface area contributed by atoms with Gasteiger partial charge in [-0.3, -0.25) is 0 Å². The molecule has 2 rings (SSSR count). The Labute approximate surface area is 153 Å². The van der Waals surface area contributed by atoms with Crippen molar-refractivity contribution in [3.05, 3.63) is 49.5 Å². The first-order valence-corrected chi connectivity index (χ1v) is 9.37. The summed E-state index contributed by atoms with van der Waals surface area (Å²) < 4.78 is 0.953. The van der Waals surface area contributed by atoms with Crippen molar-refractivity contribution in [2.45, 2.75) is 30.9 Å². The Morgan fingerprint density at radius 3 is 2.57 bits per heavy atom. The molecule has 0 unspecified atom stereocenters. The highest BCUT2D eigenvalue weighted by molar-refractivity contribution is 14.1. The van der Waals surface area contributed by atoms with Gasteiger partial charge in [-0.2, -0.15) is 0 Å². The van der Waals surface area contributed by atoms with E-state index in [0.29, 0.717) is 16.8 Å². The molecule has 0 saturated heterocycles. The number of nitrogens with zero attached hydrogens (tertiary/aromatic N) is 2. The van der Waals surface area contributed by atoms with E-state index in [2.05, 4.69) is 46.4 Å². The highest BCUT2D eigenvalue weighted by Gasteiger charge is 2.12. The zero-order chi connectivity index (χ0) is 15.4. The number of rotatable bonds is 5. The quantitative estimate of drug-likeness (QED) is 0.322. The third-order valence-corrected chi connectivity index (χ3v) is 5.96. The number of aromatic nitrogens is 2. The molecule has 2 nitrogen and oxygen atoms in total. The molecule has 0 aliphatic carbocycles. The predicted octanol–water partition coefficient (Wildman–Crippen LogP) is 5.88. The minimum Gasteiger partial charge on any atom is -0.236 e. The standard InChI is InChI=1S/C15H15Cl2IN2S/c1-9(2)7-11-14(18)15(17)20-13(19-11)8-21-12-6-4-3-5-10(12)16/h3-6,9H,7-8H2,1-2H3. The Balaban J connectivity index is 2.17. The minimum atomic E-state index is 0.536. The summed E-state index contributed by atoms with van der Waals surface area (Å²) in [6.07, 6.45) is 0.907. The predicted molar refractivity (Wildman–Crippen MR) is 99.3 cm³/mol. The second-order valence-electron chi connectivity index (χ2n) is 5.01. The van der Waals surface area contributed by atoms with E-state index in [0.717, 1.165) is 31.4 Å². The molecule has 0 bridgehead atoms. The van der Waals surface area contributed by atoms with E-state index < -0.39 is 0 Å². The van der Waals surface area contributed by atoms with Gasteiger partial charge in [-0.05, 0) is 47.1 Å². The van der Waals surface area contributed by atoms with Crippen LogP contribution < -0.4 is 0 Å². The van der Waals surface area contributed by atoms with Gasteiger partial charge in [-0.1, -0.05) is 49.2 Å². The molecule has 0 N–H and O–H groups in total. The Hall–Kier alpha value is -0.0400. The SMILES string of the molecule is CC(C)Cc1nc(CSc2ccccc2Cl)nc(Cl)c1I. The first-order valence-electron chi connectivity index (χ1n) is 6.55. The van der Waals surface area contributed by atoms with Gasteiger partial charge in [0.05, 0.1) is 20.0 Å². The molecule has 2 aromatic rings. The van der Waals surface area contributed by atoms with E-state index >= 15 is 0 Å². The van der Waals surface area contributed by atoms with Crippen molar-refractivity contribution < 1.29 is 0 Å². The van der Waals surface area contributed by atoms with Gasteiger partial charge in [0.25, 0.3) is 0 Å². The second kappa shape index (κ2) is 7.99. The van der Waals surface area contributed by atoms with E-state index in [1.165, 1.54) is 0 Å². The molecule has 1 aromatic carbocycles. The van der Waals surface area contributed by atoms with E-state index in [1.807, 2.05) is 24.3 Å². The largest absolute Gasteiger partial charge is 0.236 e. The number of benzene rings is 1. The first-order chi connectivity index (χ1) is 9.97. The van der Waals surface area contributed by atoms with Crippen molar-refractivity contribution in [1.29, 1.82) is 0 Å². The highest BCUT2D eigenvalue weighted by atomic mass is 127. The van der Waals surface area contributed by atoms with E-state index in [4.69, 9.17) is 23.2 Å². The van der Waals surface area contributed by atoms with Crippen molar-refractivity contribution in [1.82, 2.24) is 9.97 Å². The Bertz CT molecular complexity index is 635. The normalized spacial score (nSPS) is 11.1. The van der Waals surface area contributed by atoms with Crippen LogP contribution in [0.2, 0.25) is 10.2 Å². The van der Waals surface area contributed by atoms with Gasteiger partial charge in [-0.15, -0.1) is 11.8 Å². The maximum Gasteiger partial charge on any atom is 0.146 e. The summed E-state index contributed by atoms with van der Waals surface area (Å²) in [7, 11) is 0. The molecule has 0 atom stereocenters. The van der Waals surface area contributed by atoms with Gasteiger partial charge in [0.1, 0.15) is 11.0 Å². The molecule has 0 radical (unpaired) electrons. The van der Waals surface area contributed by atoms with Crippen LogP contribution in [0.25, 0.3) is 0 Å². The average molecular weight is 453 g/mol. The molecular formula is C15H15Cl2IN2S. The molecule has 0 amide bonds. The number of thioether (sulfide) groups is 1. The van der Waals surface area contributed by atoms with Crippen molar-refractivity contribution in [2.24, 2.45) is 5.92 Å². The maximum absolute atomic E-state index is 6.22. The molecule has 0 saturated carbocycles. The van der Waals surface area contributed by atoms with Gasteiger partial charge in [-0.25, -0.2) is 9.97 Å². The van der Waals surface area contributed by atoms with Crippen molar-refractivity contribution >= 4 is 57.6 Å². The van der Waals surface area contributed by atoms with Gasteiger partial charge in [0, 0.05) is 4.90 Å². The van der Waals surface area contributed by atoms with E-state index in [1.54, 1.807) is 11.8 Å². The fraction of sp³-hybridized carbons (Fsp3) is 0.333. The summed E-state index contributed by atoms with van der Waals surface area (Å²) in [6.45, 7) is 4.34. The molecule has 0 spiro atoms. The number of hydrogen-bond acceptors (Lipinski definition) is 3. The van der Waals surface area contributed by atoms with Crippen molar-refractivity contribution in [3.63, 3.8) is 0 Å². The fourth-order valence-electron chi connectivity index (χ4n) is 1.80. The summed E-state index contributed by atoms with van der Waals surface area (Å²) >= 11 is 16.2. The van der Waals surface area contributed by atoms with Crippen LogP contribution in [0, 0.1) is 9.49 Å². The Morgan fingerprint density at radius 2 is 1.90 bits per heavy atom. The Kier molecular flexibility index (Phi) is 6.59. The molecule has 21 heavy (non-hydrogen) atoms. The number of hydrogen-bond donors (Lipinski definition) is 0. The first kappa shape index (κ1) is 17.3. The van der Waals surface area contributed by atoms with Crippen LogP contribution in [-0.4, -0.2) is 9.97 Å². The topological polar surface area (TPSA) is 25.8 Å². The van der Waals surface area contributed by atoms with Crippen LogP contribution >= 0.6 is 57.6 Å². The lowest BCUT2D eigenvalue weighted by Gasteiger charge is -2.10. The third-order valence-electron chi connectivity index (χ3n) is 2.72. The minimum absolute atomic E-state index is 0.536. The molecule has 0 fully saturated rings. The molecule has 0 aliphatic rings. The van der Waals surface area contributed by atoms with Crippen molar-refractivity contribution in [3.8, 4) is 0 Å². The summed E-state index contributed by atoms with van der Waals surface area (Å²) in [5, 5.41) is 1.29. The lowest BCUT2D eigenvalue weighted by atomic mass is 10.1. The van der Waals surface area contributed by atoms with Crippen LogP contribution in [0.5, 0.6) is 0 Å². The lowest BCUT2D eigenvalue weighted by Crippen LogP contribution is -2.06. The third kappa shape index (κ3) is 4.98. The summed E-state index contributed by atoms with van der Waals surface area (Å²) in [4.78, 5) is 10.0. The molecule has 6 heteroatoms. The molecule has 1 heterocycles. The summed E-state index contributed by atoms with van der Waals surface area (Å²) in [6, 6.07) is 7.78. The monoisotopic (exact) mass is 452 g/mol. The molecule has 0 aliphatic heterocycles. The van der Waals surface area contributed by atoms with E-state index in [9.17, 15) is 0 Å². The zero-order valence-electron chi connectivity index (χ0n) is 11.7. The zero-order valence-corrected chi connectivity index (χ0v) is 16.2.